The predicted molar refractivity (Wildman–Crippen MR) is 59.7 cm³/mol. The van der Waals surface area contributed by atoms with Gasteiger partial charge in [0.25, 0.3) is 0 Å². The second-order valence-electron chi connectivity index (χ2n) is 3.28. The Morgan fingerprint density at radius 2 is 2.07 bits per heavy atom. The number of rotatable bonds is 2. The van der Waals surface area contributed by atoms with Gasteiger partial charge in [-0.2, -0.15) is 0 Å². The fourth-order valence-electron chi connectivity index (χ4n) is 1.54. The maximum absolute atomic E-state index is 9.08. The first-order chi connectivity index (χ1) is 6.83. The minimum Gasteiger partial charge on any atom is -0.390 e. The van der Waals surface area contributed by atoms with Crippen LogP contribution in [-0.4, -0.2) is 23.7 Å². The molecule has 2 nitrogen and oxygen atoms in total. The molecule has 1 aromatic rings. The lowest BCUT2D eigenvalue weighted by Gasteiger charge is -2.23. The Balaban J connectivity index is 2.17. The first-order valence-electron chi connectivity index (χ1n) is 4.56. The summed E-state index contributed by atoms with van der Waals surface area (Å²) >= 11 is 1.74. The van der Waals surface area contributed by atoms with Crippen molar-refractivity contribution in [1.29, 1.82) is 0 Å². The van der Waals surface area contributed by atoms with E-state index in [4.69, 9.17) is 5.11 Å². The molecule has 2 rings (SSSR count). The third-order valence-corrected chi connectivity index (χ3v) is 3.64. The Bertz CT molecular complexity index is 336. The van der Waals surface area contributed by atoms with E-state index in [-0.39, 0.29) is 6.61 Å². The van der Waals surface area contributed by atoms with Crippen LogP contribution in [-0.2, 0) is 0 Å². The van der Waals surface area contributed by atoms with Gasteiger partial charge in [0.2, 0.25) is 0 Å². The van der Waals surface area contributed by atoms with Gasteiger partial charge in [-0.05, 0) is 11.0 Å². The number of thioether (sulfide) groups is 1. The standard InChI is InChI=1S/C11H13NOS/c1-12-10(7-13)8-14-11(12)9-5-3-2-4-6-9/h2-6,8,11,13H,7H2,1H3. The van der Waals surface area contributed by atoms with Crippen molar-refractivity contribution in [1.82, 2.24) is 4.90 Å². The molecular weight excluding hydrogens is 194 g/mol. The zero-order chi connectivity index (χ0) is 9.97. The summed E-state index contributed by atoms with van der Waals surface area (Å²) in [5.74, 6) is 0. The van der Waals surface area contributed by atoms with Gasteiger partial charge >= 0.3 is 0 Å². The van der Waals surface area contributed by atoms with Crippen molar-refractivity contribution in [2.45, 2.75) is 5.37 Å². The van der Waals surface area contributed by atoms with Crippen molar-refractivity contribution in [3.05, 3.63) is 47.0 Å². The first kappa shape index (κ1) is 9.62. The van der Waals surface area contributed by atoms with Crippen molar-refractivity contribution in [2.24, 2.45) is 0 Å². The summed E-state index contributed by atoms with van der Waals surface area (Å²) in [7, 11) is 2.01. The highest BCUT2D eigenvalue weighted by atomic mass is 32.2. The van der Waals surface area contributed by atoms with Crippen LogP contribution in [0.1, 0.15) is 10.9 Å². The zero-order valence-corrected chi connectivity index (χ0v) is 8.87. The quantitative estimate of drug-likeness (QED) is 0.804. The molecule has 1 aliphatic heterocycles. The molecule has 1 heterocycles. The zero-order valence-electron chi connectivity index (χ0n) is 8.05. The molecule has 1 atom stereocenters. The Labute approximate surface area is 88.2 Å². The largest absolute Gasteiger partial charge is 0.390 e. The molecule has 0 radical (unpaired) electrons. The van der Waals surface area contributed by atoms with Crippen molar-refractivity contribution in [3.8, 4) is 0 Å². The maximum Gasteiger partial charge on any atom is 0.104 e. The Morgan fingerprint density at radius 3 is 2.64 bits per heavy atom. The summed E-state index contributed by atoms with van der Waals surface area (Å²) in [6, 6.07) is 10.3. The van der Waals surface area contributed by atoms with E-state index in [1.54, 1.807) is 11.8 Å². The van der Waals surface area contributed by atoms with Crippen LogP contribution in [0.15, 0.2) is 41.4 Å². The van der Waals surface area contributed by atoms with Crippen molar-refractivity contribution >= 4 is 11.8 Å². The molecule has 1 N–H and O–H groups in total. The van der Waals surface area contributed by atoms with Gasteiger partial charge in [0.1, 0.15) is 5.37 Å². The van der Waals surface area contributed by atoms with E-state index >= 15 is 0 Å². The summed E-state index contributed by atoms with van der Waals surface area (Å²) in [5.41, 5.74) is 2.27. The second kappa shape index (κ2) is 4.07. The van der Waals surface area contributed by atoms with E-state index in [0.29, 0.717) is 5.37 Å². The van der Waals surface area contributed by atoms with Crippen molar-refractivity contribution in [3.63, 3.8) is 0 Å². The lowest BCUT2D eigenvalue weighted by molar-refractivity contribution is 0.273. The van der Waals surface area contributed by atoms with E-state index in [9.17, 15) is 0 Å². The minimum atomic E-state index is 0.118. The molecular formula is C11H13NOS. The van der Waals surface area contributed by atoms with Crippen LogP contribution in [0, 0.1) is 0 Å². The molecule has 3 heteroatoms. The fraction of sp³-hybridized carbons (Fsp3) is 0.273. The number of benzene rings is 1. The summed E-state index contributed by atoms with van der Waals surface area (Å²) in [5, 5.41) is 11.4. The average Bonchev–Trinajstić information content (AvgIpc) is 2.61. The van der Waals surface area contributed by atoms with Crippen LogP contribution in [0.2, 0.25) is 0 Å². The van der Waals surface area contributed by atoms with E-state index in [0.717, 1.165) is 5.70 Å². The molecule has 1 unspecified atom stereocenters. The normalized spacial score (nSPS) is 21.1. The van der Waals surface area contributed by atoms with E-state index < -0.39 is 0 Å². The van der Waals surface area contributed by atoms with Gasteiger partial charge in [-0.15, -0.1) is 11.8 Å². The van der Waals surface area contributed by atoms with Crippen LogP contribution < -0.4 is 0 Å². The SMILES string of the molecule is CN1C(CO)=CSC1c1ccccc1. The number of likely N-dealkylation sites (N-methyl/N-ethyl adjacent to an activating group) is 1. The predicted octanol–water partition coefficient (Wildman–Crippen LogP) is 2.20. The molecule has 14 heavy (non-hydrogen) atoms. The highest BCUT2D eigenvalue weighted by Crippen LogP contribution is 2.40. The van der Waals surface area contributed by atoms with E-state index in [2.05, 4.69) is 17.0 Å². The van der Waals surface area contributed by atoms with Gasteiger partial charge in [0.15, 0.2) is 0 Å². The lowest BCUT2D eigenvalue weighted by Crippen LogP contribution is -2.19. The molecule has 0 aromatic heterocycles. The van der Waals surface area contributed by atoms with Gasteiger partial charge < -0.3 is 10.0 Å². The third-order valence-electron chi connectivity index (χ3n) is 2.38. The van der Waals surface area contributed by atoms with Crippen LogP contribution in [0.25, 0.3) is 0 Å². The summed E-state index contributed by atoms with van der Waals surface area (Å²) in [4.78, 5) is 2.11. The average molecular weight is 207 g/mol. The van der Waals surface area contributed by atoms with Gasteiger partial charge in [-0.1, -0.05) is 30.3 Å². The fourth-order valence-corrected chi connectivity index (χ4v) is 2.70. The van der Waals surface area contributed by atoms with Crippen LogP contribution >= 0.6 is 11.8 Å². The number of hydrogen-bond acceptors (Lipinski definition) is 3. The molecule has 1 aliphatic rings. The summed E-state index contributed by atoms with van der Waals surface area (Å²) in [6.07, 6.45) is 0. The van der Waals surface area contributed by atoms with Gasteiger partial charge in [-0.25, -0.2) is 0 Å². The van der Waals surface area contributed by atoms with Crippen molar-refractivity contribution < 1.29 is 5.11 Å². The number of hydrogen-bond donors (Lipinski definition) is 1. The first-order valence-corrected chi connectivity index (χ1v) is 5.50. The highest BCUT2D eigenvalue weighted by molar-refractivity contribution is 8.02. The van der Waals surface area contributed by atoms with E-state index in [1.165, 1.54) is 5.56 Å². The minimum absolute atomic E-state index is 0.118. The molecule has 0 saturated carbocycles. The van der Waals surface area contributed by atoms with Gasteiger partial charge in [0, 0.05) is 12.7 Å². The molecule has 0 spiro atoms. The molecule has 74 valence electrons. The molecule has 0 fully saturated rings. The summed E-state index contributed by atoms with van der Waals surface area (Å²) < 4.78 is 0. The highest BCUT2D eigenvalue weighted by Gasteiger charge is 2.23. The van der Waals surface area contributed by atoms with Crippen molar-refractivity contribution in [2.75, 3.05) is 13.7 Å². The maximum atomic E-state index is 9.08. The van der Waals surface area contributed by atoms with Crippen LogP contribution in [0.3, 0.4) is 0 Å². The van der Waals surface area contributed by atoms with Gasteiger partial charge in [-0.3, -0.25) is 0 Å². The molecule has 1 aromatic carbocycles. The topological polar surface area (TPSA) is 23.5 Å². The van der Waals surface area contributed by atoms with E-state index in [1.807, 2.05) is 30.7 Å². The monoisotopic (exact) mass is 207 g/mol. The molecule has 0 bridgehead atoms. The number of aliphatic hydroxyl groups is 1. The molecule has 0 saturated heterocycles. The lowest BCUT2D eigenvalue weighted by atomic mass is 10.2. The third kappa shape index (κ3) is 1.65. The molecule has 0 amide bonds. The second-order valence-corrected chi connectivity index (χ2v) is 4.23. The Kier molecular flexibility index (Phi) is 2.79. The number of nitrogens with zero attached hydrogens (tertiary/aromatic N) is 1. The van der Waals surface area contributed by atoms with Crippen LogP contribution in [0.5, 0.6) is 0 Å². The number of aliphatic hydroxyl groups excluding tert-OH is 1. The Morgan fingerprint density at radius 1 is 1.36 bits per heavy atom. The van der Waals surface area contributed by atoms with Crippen LogP contribution in [0.4, 0.5) is 0 Å². The Hall–Kier alpha value is -0.930. The summed E-state index contributed by atoms with van der Waals surface area (Å²) in [6.45, 7) is 0.118. The smallest absolute Gasteiger partial charge is 0.104 e. The molecule has 0 aliphatic carbocycles. The van der Waals surface area contributed by atoms with Gasteiger partial charge in [0.05, 0.1) is 6.61 Å².